The van der Waals surface area contributed by atoms with Gasteiger partial charge in [-0.3, -0.25) is 4.79 Å². The molecule has 1 amide bonds. The van der Waals surface area contributed by atoms with Crippen molar-refractivity contribution in [3.05, 3.63) is 63.2 Å². The first-order chi connectivity index (χ1) is 14.7. The summed E-state index contributed by atoms with van der Waals surface area (Å²) in [5.74, 6) is -1.06. The summed E-state index contributed by atoms with van der Waals surface area (Å²) in [6.45, 7) is 2.14. The second-order valence-corrected chi connectivity index (χ2v) is 10.6. The van der Waals surface area contributed by atoms with Gasteiger partial charge in [0.1, 0.15) is 12.1 Å². The number of carbonyl (C=O) groups is 2. The maximum atomic E-state index is 13.1. The fourth-order valence-electron chi connectivity index (χ4n) is 3.60. The van der Waals surface area contributed by atoms with Gasteiger partial charge in [0.15, 0.2) is 0 Å². The molecule has 0 aromatic heterocycles. The van der Waals surface area contributed by atoms with E-state index in [0.717, 1.165) is 14.7 Å². The number of nitrogens with one attached hydrogen (secondary N) is 1. The molecule has 2 atom stereocenters. The minimum atomic E-state index is -3.82. The highest BCUT2D eigenvalue weighted by atomic mass is 127. The van der Waals surface area contributed by atoms with E-state index in [9.17, 15) is 18.0 Å². The first-order valence-corrected chi connectivity index (χ1v) is 12.5. The van der Waals surface area contributed by atoms with Gasteiger partial charge in [-0.15, -0.1) is 0 Å². The summed E-state index contributed by atoms with van der Waals surface area (Å²) in [5, 5.41) is 2.71. The molecule has 3 rings (SSSR count). The monoisotopic (exact) mass is 556 g/mol. The summed E-state index contributed by atoms with van der Waals surface area (Å²) < 4.78 is 33.4. The standard InChI is InChI=1S/C22H25IN2O5S/c1-15-5-11-18(12-6-15)31(28,29)25-13-3-4-20(25)21(26)24-19(22(27)30-2)14-16-7-9-17(23)10-8-16/h5-12,19-20H,3-4,13-14H2,1-2H3,(H,24,26)/t19-,20-/m0/s1. The van der Waals surface area contributed by atoms with Crippen LogP contribution in [0.3, 0.4) is 0 Å². The molecular formula is C22H25IN2O5S. The van der Waals surface area contributed by atoms with Crippen LogP contribution in [-0.2, 0) is 30.8 Å². The van der Waals surface area contributed by atoms with Gasteiger partial charge >= 0.3 is 5.97 Å². The van der Waals surface area contributed by atoms with Gasteiger partial charge in [0.05, 0.1) is 12.0 Å². The molecule has 1 aliphatic rings. The highest BCUT2D eigenvalue weighted by Crippen LogP contribution is 2.26. The molecule has 7 nitrogen and oxygen atoms in total. The normalized spacial score (nSPS) is 17.8. The van der Waals surface area contributed by atoms with Crippen molar-refractivity contribution in [3.63, 3.8) is 0 Å². The molecule has 2 aromatic carbocycles. The average molecular weight is 556 g/mol. The van der Waals surface area contributed by atoms with Crippen molar-refractivity contribution in [1.29, 1.82) is 0 Å². The lowest BCUT2D eigenvalue weighted by Crippen LogP contribution is -2.51. The van der Waals surface area contributed by atoms with Crippen LogP contribution >= 0.6 is 22.6 Å². The predicted molar refractivity (Wildman–Crippen MR) is 125 cm³/mol. The molecule has 0 unspecified atom stereocenters. The molecule has 31 heavy (non-hydrogen) atoms. The van der Waals surface area contributed by atoms with Gasteiger partial charge in [-0.2, -0.15) is 4.31 Å². The Balaban J connectivity index is 1.78. The summed E-state index contributed by atoms with van der Waals surface area (Å²) in [6.07, 6.45) is 1.23. The summed E-state index contributed by atoms with van der Waals surface area (Å²) >= 11 is 2.19. The highest BCUT2D eigenvalue weighted by Gasteiger charge is 2.40. The SMILES string of the molecule is COC(=O)[C@H](Cc1ccc(I)cc1)NC(=O)[C@@H]1CCCN1S(=O)(=O)c1ccc(C)cc1. The van der Waals surface area contributed by atoms with Gasteiger partial charge in [-0.25, -0.2) is 13.2 Å². The van der Waals surface area contributed by atoms with Gasteiger partial charge < -0.3 is 10.1 Å². The molecule has 0 spiro atoms. The van der Waals surface area contributed by atoms with E-state index in [1.165, 1.54) is 11.4 Å². The molecule has 0 bridgehead atoms. The minimum Gasteiger partial charge on any atom is -0.467 e. The Morgan fingerprint density at radius 2 is 1.81 bits per heavy atom. The molecule has 9 heteroatoms. The molecule has 1 saturated heterocycles. The van der Waals surface area contributed by atoms with Crippen LogP contribution in [0.1, 0.15) is 24.0 Å². The molecule has 0 aliphatic carbocycles. The number of halogens is 1. The number of methoxy groups -OCH3 is 1. The molecule has 1 heterocycles. The molecule has 166 valence electrons. The summed E-state index contributed by atoms with van der Waals surface area (Å²) in [4.78, 5) is 25.5. The Kier molecular flexibility index (Phi) is 7.71. The number of hydrogen-bond donors (Lipinski definition) is 1. The number of benzene rings is 2. The van der Waals surface area contributed by atoms with Crippen molar-refractivity contribution in [2.45, 2.75) is 43.2 Å². The van der Waals surface area contributed by atoms with E-state index < -0.39 is 34.0 Å². The third kappa shape index (κ3) is 5.64. The third-order valence-corrected chi connectivity index (χ3v) is 7.93. The number of amides is 1. The van der Waals surface area contributed by atoms with E-state index in [1.54, 1.807) is 24.3 Å². The lowest BCUT2D eigenvalue weighted by Gasteiger charge is -2.25. The van der Waals surface area contributed by atoms with Gasteiger partial charge in [0.25, 0.3) is 0 Å². The fourth-order valence-corrected chi connectivity index (χ4v) is 5.61. The smallest absolute Gasteiger partial charge is 0.328 e. The summed E-state index contributed by atoms with van der Waals surface area (Å²) in [5.41, 5.74) is 1.82. The number of sulfonamides is 1. The van der Waals surface area contributed by atoms with Crippen LogP contribution in [0, 0.1) is 10.5 Å². The van der Waals surface area contributed by atoms with E-state index in [0.29, 0.717) is 12.8 Å². The van der Waals surface area contributed by atoms with Gasteiger partial charge in [0, 0.05) is 16.5 Å². The van der Waals surface area contributed by atoms with E-state index in [4.69, 9.17) is 4.74 Å². The maximum Gasteiger partial charge on any atom is 0.328 e. The lowest BCUT2D eigenvalue weighted by molar-refractivity contribution is -0.145. The topological polar surface area (TPSA) is 92.8 Å². The average Bonchev–Trinajstić information content (AvgIpc) is 3.25. The summed E-state index contributed by atoms with van der Waals surface area (Å²) in [7, 11) is -2.56. The highest BCUT2D eigenvalue weighted by molar-refractivity contribution is 14.1. The predicted octanol–water partition coefficient (Wildman–Crippen LogP) is 2.65. The van der Waals surface area contributed by atoms with Gasteiger partial charge in [-0.1, -0.05) is 29.8 Å². The van der Waals surface area contributed by atoms with Crippen LogP contribution in [-0.4, -0.2) is 50.3 Å². The Labute approximate surface area is 196 Å². The van der Waals surface area contributed by atoms with Crippen LogP contribution in [0.2, 0.25) is 0 Å². The van der Waals surface area contributed by atoms with Crippen LogP contribution < -0.4 is 5.32 Å². The van der Waals surface area contributed by atoms with Crippen molar-refractivity contribution < 1.29 is 22.7 Å². The Morgan fingerprint density at radius 1 is 1.16 bits per heavy atom. The number of nitrogens with zero attached hydrogens (tertiary/aromatic N) is 1. The van der Waals surface area contributed by atoms with Crippen LogP contribution in [0.25, 0.3) is 0 Å². The number of ether oxygens (including phenoxy) is 1. The number of rotatable bonds is 7. The third-order valence-electron chi connectivity index (χ3n) is 5.29. The van der Waals surface area contributed by atoms with E-state index in [1.807, 2.05) is 31.2 Å². The Morgan fingerprint density at radius 3 is 2.42 bits per heavy atom. The number of carbonyl (C=O) groups excluding carboxylic acids is 2. The zero-order valence-corrected chi connectivity index (χ0v) is 20.4. The number of aryl methyl sites for hydroxylation is 1. The number of hydrogen-bond acceptors (Lipinski definition) is 5. The first-order valence-electron chi connectivity index (χ1n) is 9.93. The second kappa shape index (κ2) is 10.1. The minimum absolute atomic E-state index is 0.154. The fraction of sp³-hybridized carbons (Fsp3) is 0.364. The van der Waals surface area contributed by atoms with Crippen LogP contribution in [0.4, 0.5) is 0 Å². The molecule has 1 N–H and O–H groups in total. The molecular weight excluding hydrogens is 531 g/mol. The van der Waals surface area contributed by atoms with Crippen molar-refractivity contribution >= 4 is 44.5 Å². The Hall–Kier alpha value is -1.98. The van der Waals surface area contributed by atoms with Crippen molar-refractivity contribution in [2.75, 3.05) is 13.7 Å². The van der Waals surface area contributed by atoms with Gasteiger partial charge in [0.2, 0.25) is 15.9 Å². The molecule has 0 saturated carbocycles. The summed E-state index contributed by atoms with van der Waals surface area (Å²) in [6, 6.07) is 12.4. The first kappa shape index (κ1) is 23.7. The Bertz CT molecular complexity index is 1040. The molecule has 1 fully saturated rings. The van der Waals surface area contributed by atoms with E-state index >= 15 is 0 Å². The van der Waals surface area contributed by atoms with Crippen LogP contribution in [0.15, 0.2) is 53.4 Å². The second-order valence-electron chi connectivity index (χ2n) is 7.50. The van der Waals surface area contributed by atoms with Crippen molar-refractivity contribution in [2.24, 2.45) is 0 Å². The molecule has 0 radical (unpaired) electrons. The van der Waals surface area contributed by atoms with E-state index in [-0.39, 0.29) is 17.9 Å². The van der Waals surface area contributed by atoms with Crippen molar-refractivity contribution in [1.82, 2.24) is 9.62 Å². The van der Waals surface area contributed by atoms with Gasteiger partial charge in [-0.05, 0) is 72.2 Å². The zero-order valence-electron chi connectivity index (χ0n) is 17.4. The number of esters is 1. The van der Waals surface area contributed by atoms with Crippen molar-refractivity contribution in [3.8, 4) is 0 Å². The molecule has 2 aromatic rings. The largest absolute Gasteiger partial charge is 0.467 e. The molecule has 1 aliphatic heterocycles. The van der Waals surface area contributed by atoms with Crippen LogP contribution in [0.5, 0.6) is 0 Å². The quantitative estimate of drug-likeness (QED) is 0.419. The lowest BCUT2D eigenvalue weighted by atomic mass is 10.1. The zero-order chi connectivity index (χ0) is 22.6. The maximum absolute atomic E-state index is 13.1. The van der Waals surface area contributed by atoms with E-state index in [2.05, 4.69) is 27.9 Å².